The molecule has 1 aliphatic rings. The van der Waals surface area contributed by atoms with Crippen molar-refractivity contribution >= 4 is 0 Å². The molecular formula is C17H24N2O. The molecule has 0 heterocycles. The molecule has 0 aromatic heterocycles. The van der Waals surface area contributed by atoms with Gasteiger partial charge >= 0.3 is 0 Å². The van der Waals surface area contributed by atoms with Crippen LogP contribution in [-0.2, 0) is 6.54 Å². The average molecular weight is 272 g/mol. The lowest BCUT2D eigenvalue weighted by Crippen LogP contribution is -2.25. The van der Waals surface area contributed by atoms with Crippen LogP contribution in [-0.4, -0.2) is 17.8 Å². The summed E-state index contributed by atoms with van der Waals surface area (Å²) in [5.41, 5.74) is 1.92. The van der Waals surface area contributed by atoms with Crippen LogP contribution in [0.1, 0.15) is 49.7 Å². The maximum atomic E-state index is 9.91. The van der Waals surface area contributed by atoms with Gasteiger partial charge in [0, 0.05) is 6.54 Å². The molecule has 2 atom stereocenters. The number of nitrogens with one attached hydrogen (secondary N) is 1. The molecule has 2 N–H and O–H groups in total. The van der Waals surface area contributed by atoms with E-state index in [1.807, 2.05) is 24.3 Å². The Balaban J connectivity index is 1.60. The first-order valence-corrected chi connectivity index (χ1v) is 7.67. The molecule has 0 spiro atoms. The van der Waals surface area contributed by atoms with E-state index in [1.165, 1.54) is 24.8 Å². The third-order valence-corrected chi connectivity index (χ3v) is 4.21. The number of hydrogen-bond donors (Lipinski definition) is 2. The normalized spacial score (nSPS) is 22.4. The summed E-state index contributed by atoms with van der Waals surface area (Å²) in [6.07, 6.45) is 6.83. The van der Waals surface area contributed by atoms with Gasteiger partial charge < -0.3 is 10.4 Å². The molecule has 1 aliphatic carbocycles. The summed E-state index contributed by atoms with van der Waals surface area (Å²) >= 11 is 0. The van der Waals surface area contributed by atoms with Crippen molar-refractivity contribution in [2.24, 2.45) is 5.92 Å². The zero-order chi connectivity index (χ0) is 14.2. The van der Waals surface area contributed by atoms with E-state index in [-0.39, 0.29) is 6.10 Å². The quantitative estimate of drug-likeness (QED) is 0.783. The lowest BCUT2D eigenvalue weighted by atomic mass is 9.83. The standard InChI is InChI=1S/C17H24N2O/c18-12-14-7-9-15(10-8-14)13-19-11-3-5-16-4-1-2-6-17(16)20/h7-10,16-17,19-20H,1-6,11,13H2. The first-order valence-electron chi connectivity index (χ1n) is 7.67. The summed E-state index contributed by atoms with van der Waals surface area (Å²) in [5, 5.41) is 22.1. The van der Waals surface area contributed by atoms with Crippen LogP contribution in [0.25, 0.3) is 0 Å². The lowest BCUT2D eigenvalue weighted by Gasteiger charge is -2.27. The number of aliphatic hydroxyl groups excluding tert-OH is 1. The molecule has 0 bridgehead atoms. The molecule has 0 aliphatic heterocycles. The molecule has 1 aromatic carbocycles. The summed E-state index contributed by atoms with van der Waals surface area (Å²) in [5.74, 6) is 0.514. The summed E-state index contributed by atoms with van der Waals surface area (Å²) in [4.78, 5) is 0. The van der Waals surface area contributed by atoms with Crippen LogP contribution in [0.15, 0.2) is 24.3 Å². The van der Waals surface area contributed by atoms with E-state index in [2.05, 4.69) is 11.4 Å². The Morgan fingerprint density at radius 2 is 1.95 bits per heavy atom. The SMILES string of the molecule is N#Cc1ccc(CNCCCC2CCCCC2O)cc1. The van der Waals surface area contributed by atoms with Crippen LogP contribution in [0.4, 0.5) is 0 Å². The monoisotopic (exact) mass is 272 g/mol. The summed E-state index contributed by atoms with van der Waals surface area (Å²) in [6, 6.07) is 9.83. The van der Waals surface area contributed by atoms with Gasteiger partial charge in [0.1, 0.15) is 0 Å². The third kappa shape index (κ3) is 4.63. The topological polar surface area (TPSA) is 56.0 Å². The van der Waals surface area contributed by atoms with E-state index in [0.29, 0.717) is 11.5 Å². The van der Waals surface area contributed by atoms with Gasteiger partial charge in [0.15, 0.2) is 0 Å². The van der Waals surface area contributed by atoms with Crippen LogP contribution in [0.2, 0.25) is 0 Å². The molecule has 1 saturated carbocycles. The van der Waals surface area contributed by atoms with Crippen molar-refractivity contribution < 1.29 is 5.11 Å². The third-order valence-electron chi connectivity index (χ3n) is 4.21. The van der Waals surface area contributed by atoms with Crippen LogP contribution in [0, 0.1) is 17.2 Å². The van der Waals surface area contributed by atoms with Crippen molar-refractivity contribution in [1.29, 1.82) is 5.26 Å². The Kier molecular flexibility index (Phi) is 6.04. The van der Waals surface area contributed by atoms with E-state index in [4.69, 9.17) is 5.26 Å². The molecular weight excluding hydrogens is 248 g/mol. The van der Waals surface area contributed by atoms with E-state index < -0.39 is 0 Å². The molecule has 0 radical (unpaired) electrons. The van der Waals surface area contributed by atoms with Gasteiger partial charge in [-0.15, -0.1) is 0 Å². The second kappa shape index (κ2) is 8.04. The van der Waals surface area contributed by atoms with Crippen molar-refractivity contribution in [2.75, 3.05) is 6.54 Å². The predicted octanol–water partition coefficient (Wildman–Crippen LogP) is 2.98. The summed E-state index contributed by atoms with van der Waals surface area (Å²) < 4.78 is 0. The highest BCUT2D eigenvalue weighted by atomic mass is 16.3. The fraction of sp³-hybridized carbons (Fsp3) is 0.588. The van der Waals surface area contributed by atoms with Crippen molar-refractivity contribution in [3.8, 4) is 6.07 Å². The minimum absolute atomic E-state index is 0.0673. The molecule has 1 fully saturated rings. The number of aliphatic hydroxyl groups is 1. The molecule has 3 nitrogen and oxygen atoms in total. The van der Waals surface area contributed by atoms with Crippen LogP contribution < -0.4 is 5.32 Å². The lowest BCUT2D eigenvalue weighted by molar-refractivity contribution is 0.0643. The van der Waals surface area contributed by atoms with Gasteiger partial charge in [-0.1, -0.05) is 25.0 Å². The van der Waals surface area contributed by atoms with Gasteiger partial charge in [-0.05, 0) is 55.8 Å². The molecule has 0 saturated heterocycles. The van der Waals surface area contributed by atoms with E-state index in [9.17, 15) is 5.11 Å². The first-order chi connectivity index (χ1) is 9.79. The zero-order valence-electron chi connectivity index (χ0n) is 12.0. The van der Waals surface area contributed by atoms with Crippen molar-refractivity contribution in [1.82, 2.24) is 5.32 Å². The highest BCUT2D eigenvalue weighted by Gasteiger charge is 2.21. The highest BCUT2D eigenvalue weighted by molar-refractivity contribution is 5.31. The Labute approximate surface area is 121 Å². The zero-order valence-corrected chi connectivity index (χ0v) is 12.0. The van der Waals surface area contributed by atoms with Crippen molar-refractivity contribution in [3.63, 3.8) is 0 Å². The number of rotatable bonds is 6. The number of benzene rings is 1. The van der Waals surface area contributed by atoms with Gasteiger partial charge in [0.05, 0.1) is 17.7 Å². The molecule has 1 aromatic rings. The van der Waals surface area contributed by atoms with Crippen molar-refractivity contribution in [2.45, 2.75) is 51.2 Å². The minimum atomic E-state index is -0.0673. The van der Waals surface area contributed by atoms with Gasteiger partial charge in [0.2, 0.25) is 0 Å². The van der Waals surface area contributed by atoms with E-state index >= 15 is 0 Å². The fourth-order valence-electron chi connectivity index (χ4n) is 2.94. The molecule has 2 rings (SSSR count). The maximum absolute atomic E-state index is 9.91. The predicted molar refractivity (Wildman–Crippen MR) is 80.1 cm³/mol. The van der Waals surface area contributed by atoms with Gasteiger partial charge in [-0.2, -0.15) is 5.26 Å². The number of nitriles is 1. The summed E-state index contributed by atoms with van der Waals surface area (Å²) in [6.45, 7) is 1.84. The Hall–Kier alpha value is -1.37. The van der Waals surface area contributed by atoms with Gasteiger partial charge in [0.25, 0.3) is 0 Å². The molecule has 0 amide bonds. The Bertz CT molecular complexity index is 435. The van der Waals surface area contributed by atoms with E-state index in [1.54, 1.807) is 0 Å². The average Bonchev–Trinajstić information content (AvgIpc) is 2.49. The van der Waals surface area contributed by atoms with Crippen molar-refractivity contribution in [3.05, 3.63) is 35.4 Å². The minimum Gasteiger partial charge on any atom is -0.393 e. The number of nitrogens with zero attached hydrogens (tertiary/aromatic N) is 1. The Morgan fingerprint density at radius 3 is 2.65 bits per heavy atom. The molecule has 20 heavy (non-hydrogen) atoms. The Morgan fingerprint density at radius 1 is 1.20 bits per heavy atom. The maximum Gasteiger partial charge on any atom is 0.0991 e. The van der Waals surface area contributed by atoms with E-state index in [0.717, 1.165) is 32.4 Å². The number of hydrogen-bond acceptors (Lipinski definition) is 3. The largest absolute Gasteiger partial charge is 0.393 e. The molecule has 3 heteroatoms. The van der Waals surface area contributed by atoms with Crippen LogP contribution in [0.3, 0.4) is 0 Å². The van der Waals surface area contributed by atoms with Crippen LogP contribution >= 0.6 is 0 Å². The van der Waals surface area contributed by atoms with Gasteiger partial charge in [-0.25, -0.2) is 0 Å². The highest BCUT2D eigenvalue weighted by Crippen LogP contribution is 2.27. The fourth-order valence-corrected chi connectivity index (χ4v) is 2.94. The second-order valence-electron chi connectivity index (χ2n) is 5.74. The molecule has 108 valence electrons. The second-order valence-corrected chi connectivity index (χ2v) is 5.74. The van der Waals surface area contributed by atoms with Crippen LogP contribution in [0.5, 0.6) is 0 Å². The first kappa shape index (κ1) is 15.0. The van der Waals surface area contributed by atoms with Gasteiger partial charge in [-0.3, -0.25) is 0 Å². The summed E-state index contributed by atoms with van der Waals surface area (Å²) in [7, 11) is 0. The molecule has 2 unspecified atom stereocenters. The smallest absolute Gasteiger partial charge is 0.0991 e.